The zero-order valence-corrected chi connectivity index (χ0v) is 15.0. The Morgan fingerprint density at radius 2 is 1.81 bits per heavy atom. The number of ether oxygens (including phenoxy) is 1. The van der Waals surface area contributed by atoms with E-state index >= 15 is 0 Å². The summed E-state index contributed by atoms with van der Waals surface area (Å²) < 4.78 is 10.4. The molecule has 2 aromatic carbocycles. The average Bonchev–Trinajstić information content (AvgIpc) is 3.01. The van der Waals surface area contributed by atoms with Gasteiger partial charge in [0.15, 0.2) is 11.4 Å². The highest BCUT2D eigenvalue weighted by atomic mass is 16.5. The molecule has 0 atom stereocenters. The first-order valence-electron chi connectivity index (χ1n) is 8.27. The first kappa shape index (κ1) is 17.7. The van der Waals surface area contributed by atoms with Crippen LogP contribution >= 0.6 is 0 Å². The van der Waals surface area contributed by atoms with Gasteiger partial charge in [0.05, 0.1) is 20.1 Å². The third kappa shape index (κ3) is 3.74. The molecule has 1 aromatic heterocycles. The van der Waals surface area contributed by atoms with Crippen LogP contribution in [0.4, 0.5) is 0 Å². The first-order chi connectivity index (χ1) is 12.5. The van der Waals surface area contributed by atoms with Crippen molar-refractivity contribution in [2.75, 3.05) is 13.7 Å². The van der Waals surface area contributed by atoms with E-state index in [-0.39, 0.29) is 24.7 Å². The van der Waals surface area contributed by atoms with Gasteiger partial charge in [0.2, 0.25) is 5.91 Å². The lowest BCUT2D eigenvalue weighted by atomic mass is 10.1. The number of aromatic nitrogens is 1. The first-order valence-corrected chi connectivity index (χ1v) is 8.27. The van der Waals surface area contributed by atoms with Gasteiger partial charge >= 0.3 is 0 Å². The lowest BCUT2D eigenvalue weighted by Gasteiger charge is -2.05. The fourth-order valence-corrected chi connectivity index (χ4v) is 2.64. The number of carbonyl (C=O) groups is 2. The summed E-state index contributed by atoms with van der Waals surface area (Å²) in [5.74, 6) is 0.229. The van der Waals surface area contributed by atoms with E-state index in [2.05, 4.69) is 10.5 Å². The van der Waals surface area contributed by atoms with Crippen molar-refractivity contribution >= 4 is 22.7 Å². The van der Waals surface area contributed by atoms with Crippen LogP contribution in [0.25, 0.3) is 11.0 Å². The molecule has 3 aromatic rings. The van der Waals surface area contributed by atoms with Crippen LogP contribution in [-0.4, -0.2) is 30.5 Å². The van der Waals surface area contributed by atoms with Gasteiger partial charge in [-0.1, -0.05) is 5.16 Å². The normalized spacial score (nSPS) is 10.7. The summed E-state index contributed by atoms with van der Waals surface area (Å²) in [5, 5.41) is 7.45. The quantitative estimate of drug-likeness (QED) is 0.690. The highest BCUT2D eigenvalue weighted by Gasteiger charge is 2.15. The van der Waals surface area contributed by atoms with Gasteiger partial charge in [-0.3, -0.25) is 9.59 Å². The predicted molar refractivity (Wildman–Crippen MR) is 97.5 cm³/mol. The van der Waals surface area contributed by atoms with Crippen molar-refractivity contribution < 1.29 is 18.8 Å². The molecular formula is C20H20N2O4. The Morgan fingerprint density at radius 3 is 2.50 bits per heavy atom. The number of methoxy groups -OCH3 is 1. The number of hydrogen-bond donors (Lipinski definition) is 1. The van der Waals surface area contributed by atoms with Crippen molar-refractivity contribution in [2.24, 2.45) is 0 Å². The molecular weight excluding hydrogens is 332 g/mol. The second kappa shape index (κ2) is 7.39. The standard InChI is InChI=1S/C20H20N2O4/c1-12-8-16-17(22-26-19(16)9-13(12)2)10-20(24)21-11-18(23)14-4-6-15(25-3)7-5-14/h4-9H,10-11H2,1-3H3,(H,21,24). The molecule has 1 N–H and O–H groups in total. The van der Waals surface area contributed by atoms with Gasteiger partial charge in [-0.25, -0.2) is 0 Å². The summed E-state index contributed by atoms with van der Waals surface area (Å²) in [6.07, 6.45) is 0.0609. The molecule has 0 saturated heterocycles. The van der Waals surface area contributed by atoms with Gasteiger partial charge in [-0.05, 0) is 61.4 Å². The van der Waals surface area contributed by atoms with Crippen LogP contribution in [0.15, 0.2) is 40.9 Å². The lowest BCUT2D eigenvalue weighted by molar-refractivity contribution is -0.120. The molecule has 0 saturated carbocycles. The van der Waals surface area contributed by atoms with E-state index in [0.717, 1.165) is 16.5 Å². The second-order valence-corrected chi connectivity index (χ2v) is 6.17. The molecule has 134 valence electrons. The van der Waals surface area contributed by atoms with Crippen LogP contribution in [0.2, 0.25) is 0 Å². The number of aryl methyl sites for hydroxylation is 2. The number of nitrogens with one attached hydrogen (secondary N) is 1. The fourth-order valence-electron chi connectivity index (χ4n) is 2.64. The van der Waals surface area contributed by atoms with E-state index < -0.39 is 0 Å². The van der Waals surface area contributed by atoms with Crippen LogP contribution < -0.4 is 10.1 Å². The average molecular weight is 352 g/mol. The summed E-state index contributed by atoms with van der Waals surface area (Å²) in [5.41, 5.74) is 3.96. The summed E-state index contributed by atoms with van der Waals surface area (Å²) in [6, 6.07) is 10.6. The van der Waals surface area contributed by atoms with E-state index in [9.17, 15) is 9.59 Å². The van der Waals surface area contributed by atoms with E-state index in [1.54, 1.807) is 31.4 Å². The van der Waals surface area contributed by atoms with Crippen molar-refractivity contribution in [2.45, 2.75) is 20.3 Å². The molecule has 6 heteroatoms. The van der Waals surface area contributed by atoms with Gasteiger partial charge in [-0.2, -0.15) is 0 Å². The van der Waals surface area contributed by atoms with Crippen molar-refractivity contribution in [1.29, 1.82) is 0 Å². The zero-order valence-electron chi connectivity index (χ0n) is 15.0. The minimum absolute atomic E-state index is 0.0609. The van der Waals surface area contributed by atoms with E-state index in [1.165, 1.54) is 0 Å². The topological polar surface area (TPSA) is 81.4 Å². The number of Topliss-reactive ketones (excluding diaryl/α,β-unsaturated/α-hetero) is 1. The Hall–Kier alpha value is -3.15. The minimum Gasteiger partial charge on any atom is -0.497 e. The lowest BCUT2D eigenvalue weighted by Crippen LogP contribution is -2.30. The third-order valence-corrected chi connectivity index (χ3v) is 4.35. The maximum atomic E-state index is 12.2. The summed E-state index contributed by atoms with van der Waals surface area (Å²) in [4.78, 5) is 24.3. The van der Waals surface area contributed by atoms with Crippen LogP contribution in [0.3, 0.4) is 0 Å². The number of rotatable bonds is 6. The molecule has 0 aliphatic carbocycles. The molecule has 0 bridgehead atoms. The Labute approximate surface area is 151 Å². The molecule has 0 aliphatic heterocycles. The Morgan fingerprint density at radius 1 is 1.12 bits per heavy atom. The number of hydrogen-bond acceptors (Lipinski definition) is 5. The predicted octanol–water partition coefficient (Wildman–Crippen LogP) is 2.99. The summed E-state index contributed by atoms with van der Waals surface area (Å²) in [7, 11) is 1.56. The monoisotopic (exact) mass is 352 g/mol. The highest BCUT2D eigenvalue weighted by molar-refractivity contribution is 5.99. The van der Waals surface area contributed by atoms with Crippen molar-refractivity contribution in [3.8, 4) is 5.75 Å². The fraction of sp³-hybridized carbons (Fsp3) is 0.250. The van der Waals surface area contributed by atoms with Gasteiger partial charge in [0, 0.05) is 10.9 Å². The third-order valence-electron chi connectivity index (χ3n) is 4.35. The van der Waals surface area contributed by atoms with Gasteiger partial charge in [0.1, 0.15) is 11.4 Å². The van der Waals surface area contributed by atoms with Gasteiger partial charge in [-0.15, -0.1) is 0 Å². The maximum absolute atomic E-state index is 12.2. The Bertz CT molecular complexity index is 958. The molecule has 26 heavy (non-hydrogen) atoms. The van der Waals surface area contributed by atoms with Gasteiger partial charge in [0.25, 0.3) is 0 Å². The molecule has 1 heterocycles. The SMILES string of the molecule is COc1ccc(C(=O)CNC(=O)Cc2noc3cc(C)c(C)cc23)cc1. The van der Waals surface area contributed by atoms with Crippen molar-refractivity contribution in [3.63, 3.8) is 0 Å². The van der Waals surface area contributed by atoms with E-state index in [1.807, 2.05) is 26.0 Å². The van der Waals surface area contributed by atoms with E-state index in [0.29, 0.717) is 22.6 Å². The number of ketones is 1. The molecule has 6 nitrogen and oxygen atoms in total. The molecule has 1 amide bonds. The Balaban J connectivity index is 1.62. The summed E-state index contributed by atoms with van der Waals surface area (Å²) >= 11 is 0. The molecule has 3 rings (SSSR count). The van der Waals surface area contributed by atoms with Crippen LogP contribution in [-0.2, 0) is 11.2 Å². The number of amides is 1. The maximum Gasteiger partial charge on any atom is 0.226 e. The zero-order chi connectivity index (χ0) is 18.7. The van der Waals surface area contributed by atoms with Crippen molar-refractivity contribution in [3.05, 3.63) is 58.8 Å². The number of fused-ring (bicyclic) bond motifs is 1. The number of nitrogens with zero attached hydrogens (tertiary/aromatic N) is 1. The van der Waals surface area contributed by atoms with Gasteiger partial charge < -0.3 is 14.6 Å². The molecule has 0 spiro atoms. The Kier molecular flexibility index (Phi) is 5.02. The number of carbonyl (C=O) groups excluding carboxylic acids is 2. The minimum atomic E-state index is -0.278. The van der Waals surface area contributed by atoms with Crippen LogP contribution in [0.1, 0.15) is 27.2 Å². The molecule has 0 aliphatic rings. The second-order valence-electron chi connectivity index (χ2n) is 6.17. The van der Waals surface area contributed by atoms with Crippen LogP contribution in [0, 0.1) is 13.8 Å². The van der Waals surface area contributed by atoms with Crippen molar-refractivity contribution in [1.82, 2.24) is 10.5 Å². The molecule has 0 fully saturated rings. The van der Waals surface area contributed by atoms with E-state index in [4.69, 9.17) is 9.26 Å². The molecule has 0 radical (unpaired) electrons. The highest BCUT2D eigenvalue weighted by Crippen LogP contribution is 2.23. The summed E-state index contributed by atoms with van der Waals surface area (Å²) in [6.45, 7) is 3.92. The van der Waals surface area contributed by atoms with Crippen LogP contribution in [0.5, 0.6) is 5.75 Å². The molecule has 0 unspecified atom stereocenters. The smallest absolute Gasteiger partial charge is 0.226 e. The number of benzene rings is 2. The largest absolute Gasteiger partial charge is 0.497 e.